The summed E-state index contributed by atoms with van der Waals surface area (Å²) in [5, 5.41) is 2.49. The lowest BCUT2D eigenvalue weighted by molar-refractivity contribution is -0.188. The average Bonchev–Trinajstić information content (AvgIpc) is 2.81. The molecule has 5 N–H and O–H groups in total. The van der Waals surface area contributed by atoms with Crippen molar-refractivity contribution in [3.63, 3.8) is 0 Å². The molecule has 0 radical (unpaired) electrons. The van der Waals surface area contributed by atoms with Crippen molar-refractivity contribution in [2.45, 2.75) is 57.9 Å². The topological polar surface area (TPSA) is 155 Å². The first-order valence-electron chi connectivity index (χ1n) is 11.7. The molecule has 2 rings (SSSR count). The molecule has 1 amide bonds. The molecule has 0 saturated heterocycles. The molecule has 0 saturated carbocycles. The summed E-state index contributed by atoms with van der Waals surface area (Å²) in [5.74, 6) is -2.26. The number of halogens is 4. The van der Waals surface area contributed by atoms with Gasteiger partial charge < -0.3 is 31.0 Å². The van der Waals surface area contributed by atoms with Crippen molar-refractivity contribution >= 4 is 45.8 Å². The maximum atomic E-state index is 13.6. The molecule has 0 aliphatic carbocycles. The Morgan fingerprint density at radius 2 is 1.82 bits per heavy atom. The van der Waals surface area contributed by atoms with E-state index in [2.05, 4.69) is 26.2 Å². The van der Waals surface area contributed by atoms with E-state index >= 15 is 0 Å². The third-order valence-corrected chi connectivity index (χ3v) is 5.71. The number of hydrogen-bond donors (Lipinski definition) is 3. The second-order valence-corrected chi connectivity index (χ2v) is 9.41. The molecule has 0 bridgehead atoms. The van der Waals surface area contributed by atoms with Crippen molar-refractivity contribution in [2.24, 2.45) is 16.5 Å². The highest BCUT2D eigenvalue weighted by molar-refractivity contribution is 9.10. The van der Waals surface area contributed by atoms with Crippen LogP contribution in [0.15, 0.2) is 27.2 Å². The molecule has 38 heavy (non-hydrogen) atoms. The van der Waals surface area contributed by atoms with Crippen LogP contribution in [0.25, 0.3) is 6.08 Å². The fourth-order valence-corrected chi connectivity index (χ4v) is 4.17. The Kier molecular flexibility index (Phi) is 11.4. The van der Waals surface area contributed by atoms with Crippen LogP contribution in [0.4, 0.5) is 13.2 Å². The number of benzene rings is 1. The number of hydrogen-bond acceptors (Lipinski definition) is 7. The van der Waals surface area contributed by atoms with Gasteiger partial charge in [-0.3, -0.25) is 9.79 Å². The van der Waals surface area contributed by atoms with Gasteiger partial charge in [0.1, 0.15) is 11.8 Å². The molecular weight excluding hydrogens is 577 g/mol. The number of carbonyl (C=O) groups excluding carboxylic acids is 3. The molecule has 14 heteroatoms. The fraction of sp³-hybridized carbons (Fsp3) is 0.500. The van der Waals surface area contributed by atoms with Crippen LogP contribution in [-0.2, 0) is 23.9 Å². The Morgan fingerprint density at radius 3 is 2.42 bits per heavy atom. The number of guanidine groups is 1. The van der Waals surface area contributed by atoms with Crippen LogP contribution in [0.5, 0.6) is 5.75 Å². The summed E-state index contributed by atoms with van der Waals surface area (Å²) < 4.78 is 56.9. The second kappa shape index (κ2) is 14.0. The average molecular weight is 607 g/mol. The number of nitrogens with one attached hydrogen (secondary N) is 1. The molecule has 1 aliphatic rings. The van der Waals surface area contributed by atoms with E-state index in [1.54, 1.807) is 19.1 Å². The van der Waals surface area contributed by atoms with Gasteiger partial charge in [-0.25, -0.2) is 9.59 Å². The van der Waals surface area contributed by atoms with Crippen LogP contribution in [0.1, 0.15) is 43.7 Å². The zero-order valence-corrected chi connectivity index (χ0v) is 22.5. The van der Waals surface area contributed by atoms with Gasteiger partial charge in [0.2, 0.25) is 12.0 Å². The Labute approximate surface area is 226 Å². The molecule has 1 aliphatic heterocycles. The minimum absolute atomic E-state index is 0.0436. The standard InChI is InChI=1S/C24H30BrF3N4O6/c1-13-10-16(25)11-15-12-17(20(24(26,27)28)38-19(13)15)21(34)36-8-3-4-9-37-22(35)18(32-14(2)33)6-5-7-31-23(29)30/h10-12,18,20H,3-9H2,1-2H3,(H,32,33)(H4,29,30,31)/t18-,20-/m0/s1. The van der Waals surface area contributed by atoms with Gasteiger partial charge in [-0.2, -0.15) is 13.2 Å². The lowest BCUT2D eigenvalue weighted by Crippen LogP contribution is -2.41. The summed E-state index contributed by atoms with van der Waals surface area (Å²) in [6.07, 6.45) is -5.00. The number of carbonyl (C=O) groups is 3. The van der Waals surface area contributed by atoms with Gasteiger partial charge in [0.15, 0.2) is 5.96 Å². The van der Waals surface area contributed by atoms with E-state index in [9.17, 15) is 27.6 Å². The van der Waals surface area contributed by atoms with Gasteiger partial charge >= 0.3 is 18.1 Å². The number of nitrogens with zero attached hydrogens (tertiary/aromatic N) is 1. The number of rotatable bonds is 12. The maximum absolute atomic E-state index is 13.6. The molecule has 0 unspecified atom stereocenters. The van der Waals surface area contributed by atoms with Crippen molar-refractivity contribution < 1.29 is 41.8 Å². The zero-order chi connectivity index (χ0) is 28.5. The van der Waals surface area contributed by atoms with E-state index in [0.29, 0.717) is 22.0 Å². The largest absolute Gasteiger partial charge is 0.475 e. The van der Waals surface area contributed by atoms with Gasteiger partial charge in [-0.05, 0) is 56.4 Å². The van der Waals surface area contributed by atoms with Gasteiger partial charge in [-0.15, -0.1) is 0 Å². The lowest BCUT2D eigenvalue weighted by Gasteiger charge is -2.29. The monoisotopic (exact) mass is 606 g/mol. The number of alkyl halides is 3. The van der Waals surface area contributed by atoms with Crippen molar-refractivity contribution in [2.75, 3.05) is 19.8 Å². The summed E-state index contributed by atoms with van der Waals surface area (Å²) in [7, 11) is 0. The number of aliphatic imine (C=N–C) groups is 1. The number of esters is 2. The second-order valence-electron chi connectivity index (χ2n) is 8.49. The predicted octanol–water partition coefficient (Wildman–Crippen LogP) is 2.89. The smallest absolute Gasteiger partial charge is 0.430 e. The van der Waals surface area contributed by atoms with Crippen LogP contribution >= 0.6 is 15.9 Å². The third kappa shape index (κ3) is 9.54. The van der Waals surface area contributed by atoms with Crippen LogP contribution in [-0.4, -0.2) is 61.9 Å². The summed E-state index contributed by atoms with van der Waals surface area (Å²) in [6, 6.07) is 2.27. The summed E-state index contributed by atoms with van der Waals surface area (Å²) in [4.78, 5) is 40.0. The minimum atomic E-state index is -4.83. The molecule has 1 aromatic carbocycles. The zero-order valence-electron chi connectivity index (χ0n) is 20.9. The highest BCUT2D eigenvalue weighted by Crippen LogP contribution is 2.40. The van der Waals surface area contributed by atoms with E-state index in [4.69, 9.17) is 25.7 Å². The van der Waals surface area contributed by atoms with Gasteiger partial charge in [0.05, 0.1) is 18.8 Å². The van der Waals surface area contributed by atoms with Crippen molar-refractivity contribution in [1.82, 2.24) is 5.32 Å². The van der Waals surface area contributed by atoms with Gasteiger partial charge in [0.25, 0.3) is 0 Å². The van der Waals surface area contributed by atoms with E-state index < -0.39 is 41.7 Å². The molecule has 2 atom stereocenters. The fourth-order valence-electron chi connectivity index (χ4n) is 3.58. The normalized spacial score (nSPS) is 15.3. The Morgan fingerprint density at radius 1 is 1.16 bits per heavy atom. The Bertz CT molecular complexity index is 1090. The van der Waals surface area contributed by atoms with E-state index in [-0.39, 0.29) is 50.7 Å². The summed E-state index contributed by atoms with van der Waals surface area (Å²) in [6.45, 7) is 2.90. The maximum Gasteiger partial charge on any atom is 0.430 e. The third-order valence-electron chi connectivity index (χ3n) is 5.25. The van der Waals surface area contributed by atoms with Crippen LogP contribution in [0, 0.1) is 6.92 Å². The summed E-state index contributed by atoms with van der Waals surface area (Å²) in [5.41, 5.74) is 10.6. The van der Waals surface area contributed by atoms with Crippen LogP contribution < -0.4 is 21.5 Å². The molecule has 0 aromatic heterocycles. The van der Waals surface area contributed by atoms with Crippen molar-refractivity contribution in [3.05, 3.63) is 33.3 Å². The molecule has 10 nitrogen and oxygen atoms in total. The number of aryl methyl sites for hydroxylation is 1. The van der Waals surface area contributed by atoms with E-state index in [0.717, 1.165) is 6.08 Å². The number of unbranched alkanes of at least 4 members (excludes halogenated alkanes) is 1. The SMILES string of the molecule is CC(=O)N[C@@H](CCCN=C(N)N)C(=O)OCCCCOC(=O)C1=Cc2cc(Br)cc(C)c2O[C@@H]1C(F)(F)F. The lowest BCUT2D eigenvalue weighted by atomic mass is 9.99. The Hall–Kier alpha value is -3.29. The highest BCUT2D eigenvalue weighted by Gasteiger charge is 2.49. The van der Waals surface area contributed by atoms with Crippen LogP contribution in [0.3, 0.4) is 0 Å². The molecule has 0 fully saturated rings. The highest BCUT2D eigenvalue weighted by atomic mass is 79.9. The molecular formula is C24H30BrF3N4O6. The molecule has 0 spiro atoms. The first kappa shape index (κ1) is 30.9. The first-order chi connectivity index (χ1) is 17.8. The van der Waals surface area contributed by atoms with E-state index in [1.807, 2.05) is 0 Å². The number of fused-ring (bicyclic) bond motifs is 1. The molecule has 1 heterocycles. The quantitative estimate of drug-likeness (QED) is 0.142. The minimum Gasteiger partial charge on any atom is -0.475 e. The Balaban J connectivity index is 1.87. The molecule has 1 aromatic rings. The van der Waals surface area contributed by atoms with E-state index in [1.165, 1.54) is 6.92 Å². The predicted molar refractivity (Wildman–Crippen MR) is 136 cm³/mol. The van der Waals surface area contributed by atoms with Crippen molar-refractivity contribution in [3.8, 4) is 5.75 Å². The van der Waals surface area contributed by atoms with Gasteiger partial charge in [-0.1, -0.05) is 15.9 Å². The van der Waals surface area contributed by atoms with Gasteiger partial charge in [0, 0.05) is 23.5 Å². The number of nitrogens with two attached hydrogens (primary N) is 2. The summed E-state index contributed by atoms with van der Waals surface area (Å²) >= 11 is 3.28. The number of amides is 1. The van der Waals surface area contributed by atoms with Crippen molar-refractivity contribution in [1.29, 1.82) is 0 Å². The first-order valence-corrected chi connectivity index (χ1v) is 12.5. The van der Waals surface area contributed by atoms with Crippen LogP contribution in [0.2, 0.25) is 0 Å². The number of ether oxygens (including phenoxy) is 3. The molecule has 210 valence electrons.